The number of nitro benzene ring substituents is 1. The van der Waals surface area contributed by atoms with Gasteiger partial charge >= 0.3 is 5.97 Å². The minimum Gasteiger partial charge on any atom is -0.493 e. The van der Waals surface area contributed by atoms with Crippen LogP contribution >= 0.6 is 11.5 Å². The van der Waals surface area contributed by atoms with Gasteiger partial charge in [-0.15, -0.1) is 5.10 Å². The van der Waals surface area contributed by atoms with Crippen molar-refractivity contribution in [3.8, 4) is 11.5 Å². The van der Waals surface area contributed by atoms with Gasteiger partial charge in [-0.2, -0.15) is 0 Å². The number of carbonyl (C=O) groups excluding carboxylic acids is 1. The molecule has 21 heavy (non-hydrogen) atoms. The summed E-state index contributed by atoms with van der Waals surface area (Å²) in [5.74, 6) is -0.461. The number of esters is 1. The highest BCUT2D eigenvalue weighted by Crippen LogP contribution is 2.32. The summed E-state index contributed by atoms with van der Waals surface area (Å²) in [6.07, 6.45) is 0.535. The summed E-state index contributed by atoms with van der Waals surface area (Å²) in [6.45, 7) is 1.83. The van der Waals surface area contributed by atoms with Crippen LogP contribution in [0, 0.1) is 10.1 Å². The van der Waals surface area contributed by atoms with E-state index in [1.165, 1.54) is 19.2 Å². The van der Waals surface area contributed by atoms with E-state index >= 15 is 0 Å². The van der Waals surface area contributed by atoms with E-state index in [0.717, 1.165) is 17.6 Å². The Kier molecular flexibility index (Phi) is 4.43. The average Bonchev–Trinajstić information content (AvgIpc) is 2.95. The number of benzene rings is 1. The molecule has 0 bridgehead atoms. The highest BCUT2D eigenvalue weighted by atomic mass is 32.1. The molecule has 0 saturated carbocycles. The first-order valence-electron chi connectivity index (χ1n) is 5.92. The van der Waals surface area contributed by atoms with Crippen molar-refractivity contribution in [2.45, 2.75) is 13.3 Å². The third kappa shape index (κ3) is 3.14. The molecule has 0 spiro atoms. The van der Waals surface area contributed by atoms with E-state index in [9.17, 15) is 14.9 Å². The zero-order valence-corrected chi connectivity index (χ0v) is 12.0. The van der Waals surface area contributed by atoms with E-state index in [0.29, 0.717) is 12.1 Å². The van der Waals surface area contributed by atoms with Crippen LogP contribution in [0.4, 0.5) is 5.69 Å². The summed E-state index contributed by atoms with van der Waals surface area (Å²) in [5, 5.41) is 14.6. The molecular weight excluding hydrogens is 298 g/mol. The first kappa shape index (κ1) is 14.9. The van der Waals surface area contributed by atoms with Crippen LogP contribution in [0.15, 0.2) is 18.2 Å². The van der Waals surface area contributed by atoms with Crippen LogP contribution in [0.5, 0.6) is 11.5 Å². The minimum atomic E-state index is -0.666. The Labute approximate surface area is 123 Å². The SMILES string of the molecule is CCc1nnsc1C(=O)Oc1cc([N+](=O)[O-])ccc1OC. The van der Waals surface area contributed by atoms with E-state index < -0.39 is 10.9 Å². The number of aryl methyl sites for hydroxylation is 1. The lowest BCUT2D eigenvalue weighted by molar-refractivity contribution is -0.384. The molecule has 0 aliphatic carbocycles. The number of rotatable bonds is 5. The molecule has 0 radical (unpaired) electrons. The molecule has 0 atom stereocenters. The van der Waals surface area contributed by atoms with Crippen molar-refractivity contribution in [3.05, 3.63) is 38.9 Å². The number of methoxy groups -OCH3 is 1. The molecular formula is C12H11N3O5S. The Bertz CT molecular complexity index is 685. The van der Waals surface area contributed by atoms with Gasteiger partial charge in [0.15, 0.2) is 16.4 Å². The van der Waals surface area contributed by atoms with Gasteiger partial charge < -0.3 is 9.47 Å². The summed E-state index contributed by atoms with van der Waals surface area (Å²) >= 11 is 0.915. The zero-order chi connectivity index (χ0) is 15.4. The second-order valence-corrected chi connectivity index (χ2v) is 4.64. The van der Waals surface area contributed by atoms with Crippen molar-refractivity contribution >= 4 is 23.2 Å². The smallest absolute Gasteiger partial charge is 0.357 e. The second-order valence-electron chi connectivity index (χ2n) is 3.88. The lowest BCUT2D eigenvalue weighted by Gasteiger charge is -2.08. The molecule has 0 amide bonds. The van der Waals surface area contributed by atoms with Gasteiger partial charge in [0.05, 0.1) is 23.8 Å². The first-order valence-corrected chi connectivity index (χ1v) is 6.70. The lowest BCUT2D eigenvalue weighted by Crippen LogP contribution is -2.10. The molecule has 1 aromatic heterocycles. The molecule has 0 saturated heterocycles. The molecule has 1 heterocycles. The fourth-order valence-electron chi connectivity index (χ4n) is 1.60. The van der Waals surface area contributed by atoms with Crippen molar-refractivity contribution in [3.63, 3.8) is 0 Å². The van der Waals surface area contributed by atoms with E-state index in [4.69, 9.17) is 9.47 Å². The van der Waals surface area contributed by atoms with Crippen LogP contribution in [0.2, 0.25) is 0 Å². The van der Waals surface area contributed by atoms with Gasteiger partial charge in [-0.25, -0.2) is 4.79 Å². The Morgan fingerprint density at radius 3 is 2.81 bits per heavy atom. The normalized spacial score (nSPS) is 10.2. The van der Waals surface area contributed by atoms with Crippen molar-refractivity contribution in [2.24, 2.45) is 0 Å². The number of carbonyl (C=O) groups is 1. The van der Waals surface area contributed by atoms with Crippen LogP contribution in [-0.4, -0.2) is 27.6 Å². The molecule has 8 nitrogen and oxygen atoms in total. The lowest BCUT2D eigenvalue weighted by atomic mass is 10.2. The van der Waals surface area contributed by atoms with E-state index in [-0.39, 0.29) is 22.1 Å². The number of ether oxygens (including phenoxy) is 2. The standard InChI is InChI=1S/C12H11N3O5S/c1-3-8-11(21-14-13-8)12(16)20-10-6-7(15(17)18)4-5-9(10)19-2/h4-6H,3H2,1-2H3. The highest BCUT2D eigenvalue weighted by molar-refractivity contribution is 7.07. The summed E-state index contributed by atoms with van der Waals surface area (Å²) in [4.78, 5) is 22.5. The molecule has 2 aromatic rings. The Morgan fingerprint density at radius 1 is 1.43 bits per heavy atom. The predicted octanol–water partition coefficient (Wildman–Crippen LogP) is 2.24. The van der Waals surface area contributed by atoms with Gasteiger partial charge in [-0.05, 0) is 24.0 Å². The quantitative estimate of drug-likeness (QED) is 0.361. The summed E-state index contributed by atoms with van der Waals surface area (Å²) in [7, 11) is 1.38. The maximum Gasteiger partial charge on any atom is 0.357 e. The predicted molar refractivity (Wildman–Crippen MR) is 73.9 cm³/mol. The van der Waals surface area contributed by atoms with Gasteiger partial charge in [0.25, 0.3) is 5.69 Å². The number of nitrogens with zero attached hydrogens (tertiary/aromatic N) is 3. The van der Waals surface area contributed by atoms with Crippen molar-refractivity contribution in [2.75, 3.05) is 7.11 Å². The molecule has 2 rings (SSSR count). The van der Waals surface area contributed by atoms with E-state index in [2.05, 4.69) is 9.59 Å². The Balaban J connectivity index is 2.31. The zero-order valence-electron chi connectivity index (χ0n) is 11.2. The molecule has 110 valence electrons. The Morgan fingerprint density at radius 2 is 2.19 bits per heavy atom. The maximum atomic E-state index is 12.1. The largest absolute Gasteiger partial charge is 0.493 e. The van der Waals surface area contributed by atoms with Crippen LogP contribution in [0.1, 0.15) is 22.3 Å². The first-order chi connectivity index (χ1) is 10.1. The van der Waals surface area contributed by atoms with E-state index in [1.807, 2.05) is 6.92 Å². The fraction of sp³-hybridized carbons (Fsp3) is 0.250. The van der Waals surface area contributed by atoms with Crippen LogP contribution in [0.3, 0.4) is 0 Å². The molecule has 0 aliphatic rings. The number of aromatic nitrogens is 2. The number of hydrogen-bond acceptors (Lipinski definition) is 8. The van der Waals surface area contributed by atoms with Crippen LogP contribution in [-0.2, 0) is 6.42 Å². The Hall–Kier alpha value is -2.55. The van der Waals surface area contributed by atoms with Gasteiger partial charge in [0.2, 0.25) is 0 Å². The third-order valence-electron chi connectivity index (χ3n) is 2.64. The molecule has 0 N–H and O–H groups in total. The van der Waals surface area contributed by atoms with E-state index in [1.54, 1.807) is 0 Å². The van der Waals surface area contributed by atoms with Gasteiger partial charge in [0, 0.05) is 6.07 Å². The summed E-state index contributed by atoms with van der Waals surface area (Å²) in [6, 6.07) is 3.77. The third-order valence-corrected chi connectivity index (χ3v) is 3.38. The van der Waals surface area contributed by atoms with Crippen LogP contribution < -0.4 is 9.47 Å². The highest BCUT2D eigenvalue weighted by Gasteiger charge is 2.21. The molecule has 9 heteroatoms. The summed E-state index contributed by atoms with van der Waals surface area (Å²) < 4.78 is 13.9. The van der Waals surface area contributed by atoms with Gasteiger partial charge in [-0.1, -0.05) is 11.4 Å². The molecule has 0 unspecified atom stereocenters. The average molecular weight is 309 g/mol. The molecule has 1 aromatic carbocycles. The monoisotopic (exact) mass is 309 g/mol. The fourth-order valence-corrected chi connectivity index (χ4v) is 2.23. The summed E-state index contributed by atoms with van der Waals surface area (Å²) in [5.41, 5.74) is 0.325. The van der Waals surface area contributed by atoms with Crippen molar-refractivity contribution in [1.29, 1.82) is 0 Å². The topological polar surface area (TPSA) is 104 Å². The molecule has 0 aliphatic heterocycles. The van der Waals surface area contributed by atoms with Crippen molar-refractivity contribution < 1.29 is 19.2 Å². The van der Waals surface area contributed by atoms with Crippen molar-refractivity contribution in [1.82, 2.24) is 9.59 Å². The maximum absolute atomic E-state index is 12.1. The number of nitro groups is 1. The van der Waals surface area contributed by atoms with Gasteiger partial charge in [-0.3, -0.25) is 10.1 Å². The molecule has 0 fully saturated rings. The van der Waals surface area contributed by atoms with Crippen LogP contribution in [0.25, 0.3) is 0 Å². The van der Waals surface area contributed by atoms with Gasteiger partial charge in [0.1, 0.15) is 0 Å². The number of non-ortho nitro benzene ring substituents is 1. The minimum absolute atomic E-state index is 0.0212. The second kappa shape index (κ2) is 6.27. The number of hydrogen-bond donors (Lipinski definition) is 0.